The molecule has 0 aliphatic carbocycles. The molecule has 0 aliphatic rings. The fraction of sp³-hybridized carbons (Fsp3) is 0.273. The molecule has 0 spiro atoms. The number of nitro benzene ring substituents is 1. The van der Waals surface area contributed by atoms with Crippen LogP contribution >= 0.6 is 0 Å². The molecule has 0 atom stereocenters. The number of benzene rings is 1. The van der Waals surface area contributed by atoms with Gasteiger partial charge in [0.15, 0.2) is 0 Å². The predicted molar refractivity (Wildman–Crippen MR) is 64.1 cm³/mol. The number of nitrogens with one attached hydrogen (secondary N) is 2. The fourth-order valence-electron chi connectivity index (χ4n) is 1.33. The normalized spacial score (nSPS) is 9.61. The molecule has 1 aromatic rings. The number of rotatable bonds is 5. The number of carbonyl (C=O) groups is 2. The van der Waals surface area contributed by atoms with Gasteiger partial charge in [0.25, 0.3) is 11.6 Å². The third kappa shape index (κ3) is 3.85. The summed E-state index contributed by atoms with van der Waals surface area (Å²) >= 11 is 0. The molecule has 1 aromatic carbocycles. The molecule has 1 rings (SSSR count). The highest BCUT2D eigenvalue weighted by Crippen LogP contribution is 2.16. The number of para-hydroxylation sites is 1. The Morgan fingerprint density at radius 3 is 2.44 bits per heavy atom. The van der Waals surface area contributed by atoms with Gasteiger partial charge >= 0.3 is 0 Å². The zero-order valence-electron chi connectivity index (χ0n) is 9.80. The van der Waals surface area contributed by atoms with Gasteiger partial charge in [0.05, 0.1) is 4.92 Å². The number of nitrogens with zero attached hydrogens (tertiary/aromatic N) is 1. The average Bonchev–Trinajstić information content (AvgIpc) is 2.34. The van der Waals surface area contributed by atoms with Crippen molar-refractivity contribution in [3.8, 4) is 0 Å². The second kappa shape index (κ2) is 6.33. The minimum absolute atomic E-state index is 0.00493. The second-order valence-electron chi connectivity index (χ2n) is 3.51. The van der Waals surface area contributed by atoms with Crippen LogP contribution in [-0.4, -0.2) is 29.8 Å². The van der Waals surface area contributed by atoms with E-state index in [1.165, 1.54) is 25.1 Å². The number of hydrogen-bond acceptors (Lipinski definition) is 4. The SMILES string of the molecule is CC(=O)NCCNC(=O)c1ccccc1[N+](=O)[O-]. The molecular formula is C11H13N3O4. The lowest BCUT2D eigenvalue weighted by Crippen LogP contribution is -2.33. The van der Waals surface area contributed by atoms with E-state index in [2.05, 4.69) is 10.6 Å². The highest BCUT2D eigenvalue weighted by molar-refractivity contribution is 5.98. The Labute approximate surface area is 103 Å². The first-order valence-electron chi connectivity index (χ1n) is 5.28. The zero-order chi connectivity index (χ0) is 13.5. The fourth-order valence-corrected chi connectivity index (χ4v) is 1.33. The van der Waals surface area contributed by atoms with E-state index < -0.39 is 10.8 Å². The van der Waals surface area contributed by atoms with Crippen molar-refractivity contribution in [2.45, 2.75) is 6.92 Å². The van der Waals surface area contributed by atoms with Crippen LogP contribution in [0.5, 0.6) is 0 Å². The molecule has 0 saturated carbocycles. The van der Waals surface area contributed by atoms with Gasteiger partial charge in [-0.3, -0.25) is 19.7 Å². The van der Waals surface area contributed by atoms with Gasteiger partial charge in [0.1, 0.15) is 5.56 Å². The van der Waals surface area contributed by atoms with Gasteiger partial charge in [-0.1, -0.05) is 12.1 Å². The largest absolute Gasteiger partial charge is 0.355 e. The number of carbonyl (C=O) groups excluding carboxylic acids is 2. The first-order valence-corrected chi connectivity index (χ1v) is 5.28. The van der Waals surface area contributed by atoms with E-state index in [9.17, 15) is 19.7 Å². The lowest BCUT2D eigenvalue weighted by atomic mass is 10.1. The third-order valence-electron chi connectivity index (χ3n) is 2.13. The van der Waals surface area contributed by atoms with Gasteiger partial charge in [0.2, 0.25) is 5.91 Å². The molecule has 0 aliphatic heterocycles. The standard InChI is InChI=1S/C11H13N3O4/c1-8(15)12-6-7-13-11(16)9-4-2-3-5-10(9)14(17)18/h2-5H,6-7H2,1H3,(H,12,15)(H,13,16). The number of nitro groups is 1. The summed E-state index contributed by atoms with van der Waals surface area (Å²) in [5, 5.41) is 15.7. The lowest BCUT2D eigenvalue weighted by Gasteiger charge is -2.05. The molecule has 7 nitrogen and oxygen atoms in total. The van der Waals surface area contributed by atoms with Crippen LogP contribution in [0.3, 0.4) is 0 Å². The number of amides is 2. The van der Waals surface area contributed by atoms with E-state index in [-0.39, 0.29) is 30.2 Å². The van der Waals surface area contributed by atoms with E-state index in [1.807, 2.05) is 0 Å². The lowest BCUT2D eigenvalue weighted by molar-refractivity contribution is -0.385. The summed E-state index contributed by atoms with van der Waals surface area (Å²) in [4.78, 5) is 32.4. The van der Waals surface area contributed by atoms with Gasteiger partial charge in [-0.15, -0.1) is 0 Å². The quantitative estimate of drug-likeness (QED) is 0.451. The van der Waals surface area contributed by atoms with Crippen LogP contribution in [0.2, 0.25) is 0 Å². The van der Waals surface area contributed by atoms with Crippen molar-refractivity contribution in [2.75, 3.05) is 13.1 Å². The summed E-state index contributed by atoms with van der Waals surface area (Å²) in [5.41, 5.74) is -0.236. The summed E-state index contributed by atoms with van der Waals surface area (Å²) < 4.78 is 0. The Morgan fingerprint density at radius 2 is 1.83 bits per heavy atom. The van der Waals surface area contributed by atoms with E-state index in [1.54, 1.807) is 6.07 Å². The highest BCUT2D eigenvalue weighted by atomic mass is 16.6. The van der Waals surface area contributed by atoms with Gasteiger partial charge < -0.3 is 10.6 Å². The maximum Gasteiger partial charge on any atom is 0.282 e. The molecular weight excluding hydrogens is 238 g/mol. The Balaban J connectivity index is 2.61. The molecule has 96 valence electrons. The predicted octanol–water partition coefficient (Wildman–Crippen LogP) is 0.461. The minimum atomic E-state index is -0.608. The van der Waals surface area contributed by atoms with Crippen molar-refractivity contribution in [1.29, 1.82) is 0 Å². The van der Waals surface area contributed by atoms with E-state index in [0.29, 0.717) is 0 Å². The topological polar surface area (TPSA) is 101 Å². The van der Waals surface area contributed by atoms with E-state index in [4.69, 9.17) is 0 Å². The minimum Gasteiger partial charge on any atom is -0.355 e. The van der Waals surface area contributed by atoms with Crippen LogP contribution in [0, 0.1) is 10.1 Å². The number of hydrogen-bond donors (Lipinski definition) is 2. The van der Waals surface area contributed by atoms with Crippen LogP contribution in [0.4, 0.5) is 5.69 Å². The van der Waals surface area contributed by atoms with Gasteiger partial charge in [0, 0.05) is 26.1 Å². The Morgan fingerprint density at radius 1 is 1.22 bits per heavy atom. The van der Waals surface area contributed by atoms with Crippen molar-refractivity contribution < 1.29 is 14.5 Å². The molecule has 7 heteroatoms. The third-order valence-corrected chi connectivity index (χ3v) is 2.13. The van der Waals surface area contributed by atoms with Crippen molar-refractivity contribution in [2.24, 2.45) is 0 Å². The Kier molecular flexibility index (Phi) is 4.79. The van der Waals surface area contributed by atoms with Crippen molar-refractivity contribution in [3.63, 3.8) is 0 Å². The van der Waals surface area contributed by atoms with Gasteiger partial charge in [-0.25, -0.2) is 0 Å². The molecule has 2 amide bonds. The molecule has 0 radical (unpaired) electrons. The first-order chi connectivity index (χ1) is 8.52. The molecule has 0 bridgehead atoms. The summed E-state index contributed by atoms with van der Waals surface area (Å²) in [6.45, 7) is 1.86. The maximum absolute atomic E-state index is 11.7. The van der Waals surface area contributed by atoms with Gasteiger partial charge in [-0.05, 0) is 6.07 Å². The molecule has 0 unspecified atom stereocenters. The monoisotopic (exact) mass is 251 g/mol. The summed E-state index contributed by atoms with van der Waals surface area (Å²) in [6.07, 6.45) is 0. The average molecular weight is 251 g/mol. The molecule has 18 heavy (non-hydrogen) atoms. The summed E-state index contributed by atoms with van der Waals surface area (Å²) in [6, 6.07) is 5.69. The Hall–Kier alpha value is -2.44. The first kappa shape index (κ1) is 13.6. The second-order valence-corrected chi connectivity index (χ2v) is 3.51. The molecule has 0 saturated heterocycles. The zero-order valence-corrected chi connectivity index (χ0v) is 9.80. The van der Waals surface area contributed by atoms with Crippen molar-refractivity contribution >= 4 is 17.5 Å². The van der Waals surface area contributed by atoms with Crippen LogP contribution in [0.1, 0.15) is 17.3 Å². The van der Waals surface area contributed by atoms with Gasteiger partial charge in [-0.2, -0.15) is 0 Å². The van der Waals surface area contributed by atoms with E-state index in [0.717, 1.165) is 0 Å². The van der Waals surface area contributed by atoms with Crippen LogP contribution < -0.4 is 10.6 Å². The Bertz CT molecular complexity index is 473. The molecule has 0 aromatic heterocycles. The van der Waals surface area contributed by atoms with Crippen LogP contribution in [-0.2, 0) is 4.79 Å². The summed E-state index contributed by atoms with van der Waals surface area (Å²) in [7, 11) is 0. The molecule has 0 fully saturated rings. The van der Waals surface area contributed by atoms with Crippen LogP contribution in [0.15, 0.2) is 24.3 Å². The molecule has 2 N–H and O–H groups in total. The van der Waals surface area contributed by atoms with Crippen LogP contribution in [0.25, 0.3) is 0 Å². The van der Waals surface area contributed by atoms with Crippen molar-refractivity contribution in [3.05, 3.63) is 39.9 Å². The summed E-state index contributed by atoms with van der Waals surface area (Å²) in [5.74, 6) is -0.734. The van der Waals surface area contributed by atoms with Crippen molar-refractivity contribution in [1.82, 2.24) is 10.6 Å². The smallest absolute Gasteiger partial charge is 0.282 e. The molecule has 0 heterocycles. The van der Waals surface area contributed by atoms with E-state index >= 15 is 0 Å². The maximum atomic E-state index is 11.7. The highest BCUT2D eigenvalue weighted by Gasteiger charge is 2.18.